The van der Waals surface area contributed by atoms with Crippen LogP contribution < -0.4 is 14.8 Å². The third-order valence-electron chi connectivity index (χ3n) is 4.36. The Morgan fingerprint density at radius 1 is 1.07 bits per heavy atom. The van der Waals surface area contributed by atoms with Crippen LogP contribution in [-0.2, 0) is 17.4 Å². The molecule has 1 amide bonds. The summed E-state index contributed by atoms with van der Waals surface area (Å²) in [5, 5.41) is 2.79. The highest BCUT2D eigenvalue weighted by Crippen LogP contribution is 2.35. The van der Waals surface area contributed by atoms with Crippen molar-refractivity contribution in [2.45, 2.75) is 25.4 Å². The number of hydrogen-bond acceptors (Lipinski definition) is 3. The Bertz CT molecular complexity index is 803. The normalized spacial score (nSPS) is 14.5. The number of fused-ring (bicyclic) bond motifs is 1. The van der Waals surface area contributed by atoms with Gasteiger partial charge in [-0.2, -0.15) is 13.2 Å². The van der Waals surface area contributed by atoms with Gasteiger partial charge in [-0.25, -0.2) is 0 Å². The third kappa shape index (κ3) is 4.53. The van der Waals surface area contributed by atoms with Crippen molar-refractivity contribution in [1.82, 2.24) is 5.32 Å². The first-order valence-electron chi connectivity index (χ1n) is 8.72. The molecule has 2 aromatic rings. The van der Waals surface area contributed by atoms with Crippen LogP contribution in [0.2, 0.25) is 0 Å². The lowest BCUT2D eigenvalue weighted by molar-refractivity contribution is -0.137. The van der Waals surface area contributed by atoms with Crippen molar-refractivity contribution in [3.8, 4) is 11.5 Å². The number of carbonyl (C=O) groups is 1. The number of alkyl halides is 3. The van der Waals surface area contributed by atoms with Crippen molar-refractivity contribution >= 4 is 5.91 Å². The molecule has 1 atom stereocenters. The number of carbonyl (C=O) groups excluding carboxylic acids is 1. The second-order valence-electron chi connectivity index (χ2n) is 6.25. The Hall–Kier alpha value is -2.70. The smallest absolute Gasteiger partial charge is 0.416 e. The summed E-state index contributed by atoms with van der Waals surface area (Å²) in [6.45, 7) is 3.18. The van der Waals surface area contributed by atoms with Crippen molar-refractivity contribution in [2.24, 2.45) is 0 Å². The van der Waals surface area contributed by atoms with Crippen LogP contribution >= 0.6 is 0 Å². The maximum absolute atomic E-state index is 12.7. The summed E-state index contributed by atoms with van der Waals surface area (Å²) in [5.41, 5.74) is 0.666. The van der Waals surface area contributed by atoms with E-state index < -0.39 is 17.7 Å². The molecule has 4 nitrogen and oxygen atoms in total. The largest absolute Gasteiger partial charge is 0.486 e. The molecule has 1 aliphatic heterocycles. The molecule has 144 valence electrons. The van der Waals surface area contributed by atoms with Crippen LogP contribution in [0.25, 0.3) is 0 Å². The van der Waals surface area contributed by atoms with Gasteiger partial charge in [-0.1, -0.05) is 18.2 Å². The first-order valence-corrected chi connectivity index (χ1v) is 8.72. The zero-order valence-electron chi connectivity index (χ0n) is 14.8. The van der Waals surface area contributed by atoms with Gasteiger partial charge < -0.3 is 14.8 Å². The fraction of sp³-hybridized carbons (Fsp3) is 0.350. The van der Waals surface area contributed by atoms with Crippen LogP contribution in [0.3, 0.4) is 0 Å². The van der Waals surface area contributed by atoms with Gasteiger partial charge in [-0.05, 0) is 48.7 Å². The predicted octanol–water partition coefficient (Wildman–Crippen LogP) is 3.94. The molecule has 0 spiro atoms. The van der Waals surface area contributed by atoms with E-state index in [1.807, 2.05) is 6.92 Å². The minimum Gasteiger partial charge on any atom is -0.486 e. The number of likely N-dealkylation sites (N-methyl/N-ethyl adjacent to an activating group) is 1. The summed E-state index contributed by atoms with van der Waals surface area (Å²) in [6.07, 6.45) is -4.10. The monoisotopic (exact) mass is 379 g/mol. The van der Waals surface area contributed by atoms with Gasteiger partial charge in [-0.15, -0.1) is 0 Å². The molecule has 1 heterocycles. The molecule has 0 aliphatic carbocycles. The van der Waals surface area contributed by atoms with E-state index in [9.17, 15) is 18.0 Å². The van der Waals surface area contributed by atoms with E-state index in [4.69, 9.17) is 9.47 Å². The summed E-state index contributed by atoms with van der Waals surface area (Å²) >= 11 is 0. The Kier molecular flexibility index (Phi) is 5.58. The second kappa shape index (κ2) is 7.90. The SMILES string of the molecule is CCNC(=O)C(Cc1ccc(C(F)(F)F)cc1)c1ccc2c(c1)OCCO2. The lowest BCUT2D eigenvalue weighted by Crippen LogP contribution is -2.30. The van der Waals surface area contributed by atoms with Gasteiger partial charge in [0.05, 0.1) is 11.5 Å². The van der Waals surface area contributed by atoms with Gasteiger partial charge in [-0.3, -0.25) is 4.79 Å². The Morgan fingerprint density at radius 3 is 2.37 bits per heavy atom. The quantitative estimate of drug-likeness (QED) is 0.856. The molecular weight excluding hydrogens is 359 g/mol. The minimum atomic E-state index is -4.38. The number of ether oxygens (including phenoxy) is 2. The van der Waals surface area contributed by atoms with Gasteiger partial charge in [0.25, 0.3) is 0 Å². The number of hydrogen-bond donors (Lipinski definition) is 1. The van der Waals surface area contributed by atoms with Crippen molar-refractivity contribution in [2.75, 3.05) is 19.8 Å². The van der Waals surface area contributed by atoms with Crippen molar-refractivity contribution < 1.29 is 27.4 Å². The first kappa shape index (κ1) is 19.1. The Morgan fingerprint density at radius 2 is 1.74 bits per heavy atom. The summed E-state index contributed by atoms with van der Waals surface area (Å²) < 4.78 is 49.3. The lowest BCUT2D eigenvalue weighted by Gasteiger charge is -2.22. The van der Waals surface area contributed by atoms with E-state index in [-0.39, 0.29) is 12.3 Å². The number of rotatable bonds is 5. The van der Waals surface area contributed by atoms with Crippen molar-refractivity contribution in [3.05, 3.63) is 59.2 Å². The molecule has 2 aromatic carbocycles. The summed E-state index contributed by atoms with van der Waals surface area (Å²) in [4.78, 5) is 12.6. The van der Waals surface area contributed by atoms with Gasteiger partial charge in [0.2, 0.25) is 5.91 Å². The Labute approximate surface area is 155 Å². The highest BCUT2D eigenvalue weighted by atomic mass is 19.4. The van der Waals surface area contributed by atoms with Crippen LogP contribution in [0.4, 0.5) is 13.2 Å². The van der Waals surface area contributed by atoms with E-state index in [2.05, 4.69) is 5.32 Å². The molecule has 0 fully saturated rings. The van der Waals surface area contributed by atoms with E-state index >= 15 is 0 Å². The molecule has 7 heteroatoms. The minimum absolute atomic E-state index is 0.186. The third-order valence-corrected chi connectivity index (χ3v) is 4.36. The zero-order chi connectivity index (χ0) is 19.4. The molecule has 3 rings (SSSR count). The van der Waals surface area contributed by atoms with E-state index in [0.29, 0.717) is 36.8 Å². The number of nitrogens with one attached hydrogen (secondary N) is 1. The number of halogens is 3. The van der Waals surface area contributed by atoms with Gasteiger partial charge in [0.1, 0.15) is 13.2 Å². The van der Waals surface area contributed by atoms with Crippen LogP contribution in [0.15, 0.2) is 42.5 Å². The average molecular weight is 379 g/mol. The summed E-state index contributed by atoms with van der Waals surface area (Å²) in [5.74, 6) is 0.459. The molecular formula is C20H20F3NO3. The highest BCUT2D eigenvalue weighted by molar-refractivity contribution is 5.84. The molecule has 0 saturated heterocycles. The van der Waals surface area contributed by atoms with Crippen LogP contribution in [0, 0.1) is 0 Å². The predicted molar refractivity (Wildman–Crippen MR) is 94.0 cm³/mol. The van der Waals surface area contributed by atoms with Crippen molar-refractivity contribution in [3.63, 3.8) is 0 Å². The van der Waals surface area contributed by atoms with E-state index in [0.717, 1.165) is 17.7 Å². The first-order chi connectivity index (χ1) is 12.9. The molecule has 0 aromatic heterocycles. The van der Waals surface area contributed by atoms with Crippen LogP contribution in [0.1, 0.15) is 29.5 Å². The molecule has 0 bridgehead atoms. The van der Waals surface area contributed by atoms with Crippen LogP contribution in [-0.4, -0.2) is 25.7 Å². The maximum Gasteiger partial charge on any atom is 0.416 e. The average Bonchev–Trinajstić information content (AvgIpc) is 2.65. The molecule has 0 radical (unpaired) electrons. The summed E-state index contributed by atoms with van der Waals surface area (Å²) in [6, 6.07) is 10.2. The van der Waals surface area contributed by atoms with Crippen LogP contribution in [0.5, 0.6) is 11.5 Å². The topological polar surface area (TPSA) is 47.6 Å². The molecule has 1 aliphatic rings. The van der Waals surface area contributed by atoms with Gasteiger partial charge in [0, 0.05) is 6.54 Å². The van der Waals surface area contributed by atoms with Crippen molar-refractivity contribution in [1.29, 1.82) is 0 Å². The Balaban J connectivity index is 1.87. The summed E-state index contributed by atoms with van der Waals surface area (Å²) in [7, 11) is 0. The van der Waals surface area contributed by atoms with E-state index in [1.54, 1.807) is 18.2 Å². The standard InChI is InChI=1S/C20H20F3NO3/c1-2-24-19(25)16(11-13-3-6-15(7-4-13)20(21,22)23)14-5-8-17-18(12-14)27-10-9-26-17/h3-8,12,16H,2,9-11H2,1H3,(H,24,25). The molecule has 27 heavy (non-hydrogen) atoms. The second-order valence-corrected chi connectivity index (χ2v) is 6.25. The highest BCUT2D eigenvalue weighted by Gasteiger charge is 2.30. The molecule has 0 saturated carbocycles. The number of benzene rings is 2. The fourth-order valence-corrected chi connectivity index (χ4v) is 3.00. The lowest BCUT2D eigenvalue weighted by atomic mass is 9.90. The van der Waals surface area contributed by atoms with E-state index in [1.165, 1.54) is 12.1 Å². The maximum atomic E-state index is 12.7. The number of amides is 1. The van der Waals surface area contributed by atoms with Gasteiger partial charge in [0.15, 0.2) is 11.5 Å². The fourth-order valence-electron chi connectivity index (χ4n) is 3.00. The van der Waals surface area contributed by atoms with Gasteiger partial charge >= 0.3 is 6.18 Å². The zero-order valence-corrected chi connectivity index (χ0v) is 14.8. The molecule has 1 N–H and O–H groups in total. The molecule has 1 unspecified atom stereocenters.